The average molecular weight is 370 g/mol. The van der Waals surface area contributed by atoms with E-state index in [1.165, 1.54) is 6.08 Å². The van der Waals surface area contributed by atoms with Gasteiger partial charge in [0.15, 0.2) is 6.04 Å². The molecule has 0 radical (unpaired) electrons. The first-order valence-corrected chi connectivity index (χ1v) is 7.56. The number of hydrogen-bond donors (Lipinski definition) is 2. The zero-order chi connectivity index (χ0) is 16.8. The molecular formula is C16H20BrNO4. The van der Waals surface area contributed by atoms with Crippen molar-refractivity contribution in [3.8, 4) is 0 Å². The molecule has 0 aliphatic rings. The summed E-state index contributed by atoms with van der Waals surface area (Å²) in [6, 6.07) is 6.24. The Labute approximate surface area is 138 Å². The van der Waals surface area contributed by atoms with Gasteiger partial charge in [0.1, 0.15) is 0 Å². The summed E-state index contributed by atoms with van der Waals surface area (Å²) in [5, 5.41) is 11.7. The maximum Gasteiger partial charge on any atom is 0.328 e. The van der Waals surface area contributed by atoms with Crippen molar-refractivity contribution in [3.05, 3.63) is 47.0 Å². The second-order valence-corrected chi connectivity index (χ2v) is 6.24. The Bertz CT molecular complexity index is 540. The molecule has 1 aromatic carbocycles. The minimum absolute atomic E-state index is 0.108. The molecule has 0 aliphatic carbocycles. The lowest BCUT2D eigenvalue weighted by Gasteiger charge is -2.26. The van der Waals surface area contributed by atoms with E-state index in [1.54, 1.807) is 13.8 Å². The van der Waals surface area contributed by atoms with Crippen LogP contribution in [0.4, 0.5) is 0 Å². The number of nitrogens with one attached hydrogen (secondary N) is 1. The quantitative estimate of drug-likeness (QED) is 0.545. The summed E-state index contributed by atoms with van der Waals surface area (Å²) in [6.45, 7) is 7.10. The van der Waals surface area contributed by atoms with Gasteiger partial charge in [-0.1, -0.05) is 34.1 Å². The Morgan fingerprint density at radius 2 is 2.00 bits per heavy atom. The van der Waals surface area contributed by atoms with E-state index in [9.17, 15) is 9.59 Å². The molecule has 1 atom stereocenters. The van der Waals surface area contributed by atoms with Gasteiger partial charge in [-0.25, -0.2) is 4.79 Å². The van der Waals surface area contributed by atoms with Crippen molar-refractivity contribution in [3.63, 3.8) is 0 Å². The summed E-state index contributed by atoms with van der Waals surface area (Å²) in [4.78, 5) is 23.6. The van der Waals surface area contributed by atoms with E-state index >= 15 is 0 Å². The number of carboxylic acid groups (broad SMARTS) is 1. The molecule has 0 heterocycles. The van der Waals surface area contributed by atoms with Crippen molar-refractivity contribution in [2.45, 2.75) is 25.3 Å². The van der Waals surface area contributed by atoms with Gasteiger partial charge in [0.2, 0.25) is 5.91 Å². The molecule has 0 saturated carbocycles. The van der Waals surface area contributed by atoms with Crippen molar-refractivity contribution in [2.75, 3.05) is 13.2 Å². The molecule has 120 valence electrons. The van der Waals surface area contributed by atoms with E-state index in [1.807, 2.05) is 24.3 Å². The monoisotopic (exact) mass is 369 g/mol. The number of carbonyl (C=O) groups is 2. The van der Waals surface area contributed by atoms with E-state index in [-0.39, 0.29) is 19.1 Å². The van der Waals surface area contributed by atoms with Gasteiger partial charge in [0.05, 0.1) is 18.6 Å². The highest BCUT2D eigenvalue weighted by Gasteiger charge is 2.33. The lowest BCUT2D eigenvalue weighted by molar-refractivity contribution is -0.144. The van der Waals surface area contributed by atoms with Gasteiger partial charge in [-0.3, -0.25) is 4.79 Å². The smallest absolute Gasteiger partial charge is 0.328 e. The number of carbonyl (C=O) groups excluding carboxylic acids is 1. The Hall–Kier alpha value is -1.66. The van der Waals surface area contributed by atoms with E-state index in [4.69, 9.17) is 9.84 Å². The van der Waals surface area contributed by atoms with Crippen LogP contribution in [0.15, 0.2) is 41.4 Å². The first-order valence-electron chi connectivity index (χ1n) is 6.77. The standard InChI is InChI=1S/C16H20BrNO4/c1-4-9-22-10-13(14(19)20)18-15(21)16(2,3)11-5-7-12(17)8-6-11/h4-8,13H,1,9-10H2,2-3H3,(H,18,21)(H,19,20). The lowest BCUT2D eigenvalue weighted by atomic mass is 9.83. The molecule has 0 aromatic heterocycles. The van der Waals surface area contributed by atoms with Crippen LogP contribution in [0.3, 0.4) is 0 Å². The minimum atomic E-state index is -1.14. The van der Waals surface area contributed by atoms with Crippen LogP contribution in [-0.4, -0.2) is 36.2 Å². The topological polar surface area (TPSA) is 75.6 Å². The fourth-order valence-electron chi connectivity index (χ4n) is 1.78. The van der Waals surface area contributed by atoms with Crippen molar-refractivity contribution in [1.82, 2.24) is 5.32 Å². The molecule has 22 heavy (non-hydrogen) atoms. The van der Waals surface area contributed by atoms with Gasteiger partial charge >= 0.3 is 5.97 Å². The number of rotatable bonds is 8. The highest BCUT2D eigenvalue weighted by Crippen LogP contribution is 2.25. The van der Waals surface area contributed by atoms with Crippen LogP contribution in [-0.2, 0) is 19.7 Å². The Morgan fingerprint density at radius 1 is 1.41 bits per heavy atom. The third-order valence-electron chi connectivity index (χ3n) is 3.26. The largest absolute Gasteiger partial charge is 0.480 e. The van der Waals surface area contributed by atoms with Gasteiger partial charge in [0.25, 0.3) is 0 Å². The van der Waals surface area contributed by atoms with E-state index in [2.05, 4.69) is 27.8 Å². The van der Waals surface area contributed by atoms with Gasteiger partial charge in [0, 0.05) is 4.47 Å². The Kier molecular flexibility index (Phi) is 6.77. The second-order valence-electron chi connectivity index (χ2n) is 5.32. The maximum atomic E-state index is 12.4. The fourth-order valence-corrected chi connectivity index (χ4v) is 2.04. The number of hydrogen-bond acceptors (Lipinski definition) is 3. The van der Waals surface area contributed by atoms with Crippen LogP contribution in [0.2, 0.25) is 0 Å². The number of aliphatic carboxylic acids is 1. The van der Waals surface area contributed by atoms with Gasteiger partial charge < -0.3 is 15.2 Å². The third-order valence-corrected chi connectivity index (χ3v) is 3.79. The predicted molar refractivity (Wildman–Crippen MR) is 87.8 cm³/mol. The number of amides is 1. The summed E-state index contributed by atoms with van der Waals surface area (Å²) >= 11 is 3.34. The van der Waals surface area contributed by atoms with Crippen LogP contribution >= 0.6 is 15.9 Å². The summed E-state index contributed by atoms with van der Waals surface area (Å²) in [5.74, 6) is -1.51. The SMILES string of the molecule is C=CCOCC(NC(=O)C(C)(C)c1ccc(Br)cc1)C(=O)O. The molecule has 5 nitrogen and oxygen atoms in total. The molecule has 2 N–H and O–H groups in total. The van der Waals surface area contributed by atoms with Crippen molar-refractivity contribution in [1.29, 1.82) is 0 Å². The first kappa shape index (κ1) is 18.4. The fraction of sp³-hybridized carbons (Fsp3) is 0.375. The van der Waals surface area contributed by atoms with E-state index in [0.717, 1.165) is 10.0 Å². The second kappa shape index (κ2) is 8.10. The van der Waals surface area contributed by atoms with Crippen molar-refractivity contribution >= 4 is 27.8 Å². The average Bonchev–Trinajstić information content (AvgIpc) is 2.46. The van der Waals surface area contributed by atoms with Crippen molar-refractivity contribution < 1.29 is 19.4 Å². The molecule has 0 spiro atoms. The molecule has 0 bridgehead atoms. The van der Waals surface area contributed by atoms with Crippen LogP contribution < -0.4 is 5.32 Å². The molecule has 0 saturated heterocycles. The van der Waals surface area contributed by atoms with Crippen LogP contribution in [0.5, 0.6) is 0 Å². The molecule has 0 fully saturated rings. The van der Waals surface area contributed by atoms with Gasteiger partial charge in [-0.15, -0.1) is 6.58 Å². The zero-order valence-electron chi connectivity index (χ0n) is 12.6. The molecule has 1 unspecified atom stereocenters. The Balaban J connectivity index is 2.80. The highest BCUT2D eigenvalue weighted by molar-refractivity contribution is 9.10. The number of benzene rings is 1. The van der Waals surface area contributed by atoms with Crippen LogP contribution in [0.25, 0.3) is 0 Å². The third kappa shape index (κ3) is 4.96. The van der Waals surface area contributed by atoms with Gasteiger partial charge in [-0.05, 0) is 31.5 Å². The summed E-state index contributed by atoms with van der Waals surface area (Å²) in [6.07, 6.45) is 1.52. The molecular weight excluding hydrogens is 350 g/mol. The van der Waals surface area contributed by atoms with Crippen LogP contribution in [0, 0.1) is 0 Å². The summed E-state index contributed by atoms with van der Waals surface area (Å²) in [7, 11) is 0. The van der Waals surface area contributed by atoms with Gasteiger partial charge in [-0.2, -0.15) is 0 Å². The molecule has 1 amide bonds. The molecule has 1 rings (SSSR count). The summed E-state index contributed by atoms with van der Waals surface area (Å²) < 4.78 is 6.03. The Morgan fingerprint density at radius 3 is 2.50 bits per heavy atom. The zero-order valence-corrected chi connectivity index (χ0v) is 14.2. The maximum absolute atomic E-state index is 12.4. The summed E-state index contributed by atoms with van der Waals surface area (Å²) in [5.41, 5.74) is -0.0586. The first-order chi connectivity index (χ1) is 10.3. The van der Waals surface area contributed by atoms with Crippen molar-refractivity contribution in [2.24, 2.45) is 0 Å². The number of carboxylic acids is 1. The highest BCUT2D eigenvalue weighted by atomic mass is 79.9. The van der Waals surface area contributed by atoms with E-state index < -0.39 is 17.4 Å². The van der Waals surface area contributed by atoms with Crippen LogP contribution in [0.1, 0.15) is 19.4 Å². The minimum Gasteiger partial charge on any atom is -0.480 e. The number of halogens is 1. The molecule has 6 heteroatoms. The molecule has 0 aliphatic heterocycles. The number of ether oxygens (including phenoxy) is 1. The molecule has 1 aromatic rings. The lowest BCUT2D eigenvalue weighted by Crippen LogP contribution is -2.50. The normalized spacial score (nSPS) is 12.5. The predicted octanol–water partition coefficient (Wildman–Crippen LogP) is 2.50. The van der Waals surface area contributed by atoms with E-state index in [0.29, 0.717) is 0 Å².